The van der Waals surface area contributed by atoms with Gasteiger partial charge in [0.25, 0.3) is 0 Å². The van der Waals surface area contributed by atoms with E-state index < -0.39 is 0 Å². The van der Waals surface area contributed by atoms with E-state index in [1.54, 1.807) is 29.2 Å². The average molecular weight is 369 g/mol. The Balaban J connectivity index is 1.96. The number of aryl methyl sites for hydroxylation is 3. The highest BCUT2D eigenvalue weighted by atomic mass is 35.5. The first-order valence-corrected chi connectivity index (χ1v) is 9.32. The lowest BCUT2D eigenvalue weighted by molar-refractivity contribution is 1.01. The van der Waals surface area contributed by atoms with Crippen LogP contribution in [0, 0.1) is 20.8 Å². The Labute approximate surface area is 147 Å². The molecule has 22 heavy (non-hydrogen) atoms. The predicted molar refractivity (Wildman–Crippen MR) is 97.6 cm³/mol. The summed E-state index contributed by atoms with van der Waals surface area (Å²) >= 11 is 15.6. The molecular weight excluding hydrogens is 355 g/mol. The summed E-state index contributed by atoms with van der Waals surface area (Å²) in [5.74, 6) is 1.56. The van der Waals surface area contributed by atoms with Crippen LogP contribution >= 0.6 is 46.3 Å². The lowest BCUT2D eigenvalue weighted by Gasteiger charge is -2.07. The molecule has 0 unspecified atom stereocenters. The van der Waals surface area contributed by atoms with Gasteiger partial charge in [0.05, 0.1) is 0 Å². The second kappa shape index (κ2) is 6.36. The molecule has 114 valence electrons. The molecule has 1 aromatic carbocycles. The Morgan fingerprint density at radius 2 is 1.91 bits per heavy atom. The zero-order chi connectivity index (χ0) is 15.9. The molecular formula is C16H14Cl2N2S2. The second-order valence-corrected chi connectivity index (χ2v) is 8.07. The van der Waals surface area contributed by atoms with Crippen molar-refractivity contribution in [2.45, 2.75) is 31.6 Å². The van der Waals surface area contributed by atoms with Crippen LogP contribution in [0.5, 0.6) is 0 Å². The third-order valence-electron chi connectivity index (χ3n) is 3.49. The number of fused-ring (bicyclic) bond motifs is 1. The highest BCUT2D eigenvalue weighted by Gasteiger charge is 2.14. The highest BCUT2D eigenvalue weighted by molar-refractivity contribution is 7.98. The van der Waals surface area contributed by atoms with E-state index in [0.717, 1.165) is 27.0 Å². The maximum atomic E-state index is 6.25. The van der Waals surface area contributed by atoms with Crippen LogP contribution in [0.1, 0.15) is 21.8 Å². The molecule has 0 N–H and O–H groups in total. The molecule has 0 bridgehead atoms. The summed E-state index contributed by atoms with van der Waals surface area (Å²) in [7, 11) is 0. The first-order valence-electron chi connectivity index (χ1n) is 6.77. The minimum absolute atomic E-state index is 0.656. The maximum Gasteiger partial charge on any atom is 0.128 e. The van der Waals surface area contributed by atoms with Crippen LogP contribution in [-0.4, -0.2) is 9.97 Å². The molecule has 0 fully saturated rings. The van der Waals surface area contributed by atoms with Gasteiger partial charge in [-0.3, -0.25) is 0 Å². The monoisotopic (exact) mass is 368 g/mol. The van der Waals surface area contributed by atoms with E-state index in [9.17, 15) is 0 Å². The fourth-order valence-electron chi connectivity index (χ4n) is 2.20. The molecule has 0 atom stereocenters. The molecule has 3 rings (SSSR count). The van der Waals surface area contributed by atoms with Crippen LogP contribution in [0.4, 0.5) is 0 Å². The number of benzene rings is 1. The van der Waals surface area contributed by atoms with E-state index in [1.165, 1.54) is 15.8 Å². The summed E-state index contributed by atoms with van der Waals surface area (Å²) in [4.78, 5) is 11.5. The van der Waals surface area contributed by atoms with Crippen molar-refractivity contribution in [1.82, 2.24) is 9.97 Å². The van der Waals surface area contributed by atoms with Crippen molar-refractivity contribution in [2.24, 2.45) is 0 Å². The fraction of sp³-hybridized carbons (Fsp3) is 0.250. The summed E-state index contributed by atoms with van der Waals surface area (Å²) in [6, 6.07) is 5.61. The van der Waals surface area contributed by atoms with Gasteiger partial charge in [0.15, 0.2) is 0 Å². The van der Waals surface area contributed by atoms with Crippen molar-refractivity contribution in [3.05, 3.63) is 50.1 Å². The SMILES string of the molecule is Cc1nc(SCc2ccc(Cl)cc2Cl)c2c(C)c(C)sc2n1. The molecule has 6 heteroatoms. The zero-order valence-corrected chi connectivity index (χ0v) is 15.6. The average Bonchev–Trinajstić information content (AvgIpc) is 2.72. The number of thioether (sulfide) groups is 1. The number of nitrogens with zero attached hydrogens (tertiary/aromatic N) is 2. The number of thiophene rings is 1. The van der Waals surface area contributed by atoms with Crippen LogP contribution in [0.25, 0.3) is 10.2 Å². The molecule has 2 nitrogen and oxygen atoms in total. The van der Waals surface area contributed by atoms with Gasteiger partial charge in [-0.25, -0.2) is 9.97 Å². The quantitative estimate of drug-likeness (QED) is 0.405. The van der Waals surface area contributed by atoms with Crippen molar-refractivity contribution in [2.75, 3.05) is 0 Å². The Kier molecular flexibility index (Phi) is 4.64. The molecule has 0 amide bonds. The summed E-state index contributed by atoms with van der Waals surface area (Å²) in [6.45, 7) is 6.19. The minimum Gasteiger partial charge on any atom is -0.226 e. The first kappa shape index (κ1) is 16.1. The molecule has 3 aromatic rings. The normalized spacial score (nSPS) is 11.3. The molecule has 0 aliphatic rings. The van der Waals surface area contributed by atoms with Crippen molar-refractivity contribution in [3.8, 4) is 0 Å². The van der Waals surface area contributed by atoms with Gasteiger partial charge in [0.1, 0.15) is 15.7 Å². The number of rotatable bonds is 3. The van der Waals surface area contributed by atoms with Crippen molar-refractivity contribution < 1.29 is 0 Å². The Morgan fingerprint density at radius 1 is 1.14 bits per heavy atom. The van der Waals surface area contributed by atoms with Gasteiger partial charge in [0.2, 0.25) is 0 Å². The summed E-state index contributed by atoms with van der Waals surface area (Å²) in [5, 5.41) is 3.54. The largest absolute Gasteiger partial charge is 0.226 e. The standard InChI is InChI=1S/C16H14Cl2N2S2/c1-8-9(2)22-16-14(8)15(19-10(3)20-16)21-7-11-4-5-12(17)6-13(11)18/h4-6H,7H2,1-3H3. The second-order valence-electron chi connectivity index (χ2n) is 5.06. The Bertz CT molecular complexity index is 859. The number of aromatic nitrogens is 2. The molecule has 0 saturated heterocycles. The first-order chi connectivity index (χ1) is 10.5. The third kappa shape index (κ3) is 3.11. The lowest BCUT2D eigenvalue weighted by Crippen LogP contribution is -1.92. The number of halogens is 2. The van der Waals surface area contributed by atoms with E-state index in [4.69, 9.17) is 23.2 Å². The summed E-state index contributed by atoms with van der Waals surface area (Å²) in [6.07, 6.45) is 0. The highest BCUT2D eigenvalue weighted by Crippen LogP contribution is 2.37. The van der Waals surface area contributed by atoms with Crippen molar-refractivity contribution in [3.63, 3.8) is 0 Å². The van der Waals surface area contributed by atoms with Crippen molar-refractivity contribution in [1.29, 1.82) is 0 Å². The van der Waals surface area contributed by atoms with E-state index in [1.807, 2.05) is 19.1 Å². The summed E-state index contributed by atoms with van der Waals surface area (Å²) in [5.41, 5.74) is 2.33. The van der Waals surface area contributed by atoms with E-state index >= 15 is 0 Å². The molecule has 2 heterocycles. The molecule has 0 spiro atoms. The van der Waals surface area contributed by atoms with Gasteiger partial charge in [-0.05, 0) is 44.0 Å². The van der Waals surface area contributed by atoms with Gasteiger partial charge >= 0.3 is 0 Å². The topological polar surface area (TPSA) is 25.8 Å². The Morgan fingerprint density at radius 3 is 2.64 bits per heavy atom. The molecule has 2 aromatic heterocycles. The van der Waals surface area contributed by atoms with E-state index in [0.29, 0.717) is 10.0 Å². The van der Waals surface area contributed by atoms with E-state index in [-0.39, 0.29) is 0 Å². The van der Waals surface area contributed by atoms with Crippen LogP contribution in [0.3, 0.4) is 0 Å². The number of hydrogen-bond acceptors (Lipinski definition) is 4. The maximum absolute atomic E-state index is 6.25. The Hall–Kier alpha value is -0.810. The van der Waals surface area contributed by atoms with Gasteiger partial charge < -0.3 is 0 Å². The van der Waals surface area contributed by atoms with Gasteiger partial charge in [-0.1, -0.05) is 29.3 Å². The van der Waals surface area contributed by atoms with Gasteiger partial charge in [-0.2, -0.15) is 0 Å². The third-order valence-corrected chi connectivity index (χ3v) is 6.20. The minimum atomic E-state index is 0.656. The van der Waals surface area contributed by atoms with Crippen LogP contribution in [0.15, 0.2) is 23.2 Å². The zero-order valence-electron chi connectivity index (χ0n) is 12.4. The number of hydrogen-bond donors (Lipinski definition) is 0. The molecule has 0 aliphatic carbocycles. The van der Waals surface area contributed by atoms with Gasteiger partial charge in [0, 0.05) is 26.1 Å². The fourth-order valence-corrected chi connectivity index (χ4v) is 5.03. The molecule has 0 radical (unpaired) electrons. The van der Waals surface area contributed by atoms with Crippen molar-refractivity contribution >= 4 is 56.5 Å². The van der Waals surface area contributed by atoms with Gasteiger partial charge in [-0.15, -0.1) is 23.1 Å². The lowest BCUT2D eigenvalue weighted by atomic mass is 10.2. The van der Waals surface area contributed by atoms with Crippen LogP contribution < -0.4 is 0 Å². The molecule has 0 aliphatic heterocycles. The predicted octanol–water partition coefficient (Wildman–Crippen LogP) is 6.22. The van der Waals surface area contributed by atoms with E-state index in [2.05, 4.69) is 23.8 Å². The summed E-state index contributed by atoms with van der Waals surface area (Å²) < 4.78 is 0. The smallest absolute Gasteiger partial charge is 0.128 e. The van der Waals surface area contributed by atoms with Crippen LogP contribution in [-0.2, 0) is 5.75 Å². The molecule has 0 saturated carbocycles. The van der Waals surface area contributed by atoms with Crippen LogP contribution in [0.2, 0.25) is 10.0 Å².